The Bertz CT molecular complexity index is 1320. The van der Waals surface area contributed by atoms with E-state index >= 15 is 0 Å². The molecule has 0 radical (unpaired) electrons. The van der Waals surface area contributed by atoms with Crippen molar-refractivity contribution in [3.05, 3.63) is 71.6 Å². The number of hydrogen-bond acceptors (Lipinski definition) is 8. The highest BCUT2D eigenvalue weighted by molar-refractivity contribution is 7.18. The maximum absolute atomic E-state index is 14.3. The minimum Gasteiger partial charge on any atom is -0.492 e. The van der Waals surface area contributed by atoms with Crippen molar-refractivity contribution in [1.29, 1.82) is 0 Å². The van der Waals surface area contributed by atoms with Crippen molar-refractivity contribution in [1.82, 2.24) is 30.3 Å². The lowest BCUT2D eigenvalue weighted by molar-refractivity contribution is 0.0982. The summed E-state index contributed by atoms with van der Waals surface area (Å²) < 4.78 is 22.2. The Hall–Kier alpha value is -3.70. The quantitative estimate of drug-likeness (QED) is 0.248. The maximum atomic E-state index is 14.3. The molecule has 4 aromatic rings. The summed E-state index contributed by atoms with van der Waals surface area (Å²) in [5.41, 5.74) is 2.91. The van der Waals surface area contributed by atoms with Gasteiger partial charge in [-0.1, -0.05) is 36.8 Å². The van der Waals surface area contributed by atoms with E-state index in [1.165, 1.54) is 34.7 Å². The van der Waals surface area contributed by atoms with Crippen molar-refractivity contribution < 1.29 is 13.9 Å². The Morgan fingerprint density at radius 1 is 1.16 bits per heavy atom. The standard InChI is InChI=1S/C27H32FN7O2S/c1-4-5-12-35(26(36)22-8-6-7-9-23(22)28)27-33-32-25(38-27)21-15-19(2)24(20(3)16-21)37-14-11-29-10-13-34-18-30-17-31-34/h6-9,15-18,29H,4-5,10-14H2,1-3H3. The van der Waals surface area contributed by atoms with Crippen LogP contribution in [0.4, 0.5) is 9.52 Å². The smallest absolute Gasteiger partial charge is 0.263 e. The summed E-state index contributed by atoms with van der Waals surface area (Å²) in [4.78, 5) is 18.6. The van der Waals surface area contributed by atoms with Gasteiger partial charge >= 0.3 is 0 Å². The van der Waals surface area contributed by atoms with Crippen LogP contribution in [0.3, 0.4) is 0 Å². The Kier molecular flexibility index (Phi) is 9.50. The van der Waals surface area contributed by atoms with E-state index in [1.807, 2.05) is 32.9 Å². The molecule has 0 spiro atoms. The second kappa shape index (κ2) is 13.2. The number of hydrogen-bond donors (Lipinski definition) is 1. The summed E-state index contributed by atoms with van der Waals surface area (Å²) in [5.74, 6) is -0.114. The van der Waals surface area contributed by atoms with Gasteiger partial charge in [0, 0.05) is 25.2 Å². The molecule has 0 unspecified atom stereocenters. The first-order chi connectivity index (χ1) is 18.5. The third kappa shape index (κ3) is 6.78. The fourth-order valence-corrected chi connectivity index (χ4v) is 4.87. The molecule has 0 saturated carbocycles. The molecule has 2 aromatic carbocycles. The predicted octanol–water partition coefficient (Wildman–Crippen LogP) is 4.67. The van der Waals surface area contributed by atoms with E-state index in [0.29, 0.717) is 29.8 Å². The molecule has 1 amide bonds. The third-order valence-corrected chi connectivity index (χ3v) is 6.94. The summed E-state index contributed by atoms with van der Waals surface area (Å²) in [6.07, 6.45) is 4.88. The van der Waals surface area contributed by atoms with Gasteiger partial charge in [-0.25, -0.2) is 9.37 Å². The number of ether oxygens (including phenoxy) is 1. The molecule has 38 heavy (non-hydrogen) atoms. The van der Waals surface area contributed by atoms with Gasteiger partial charge in [0.2, 0.25) is 5.13 Å². The molecule has 9 nitrogen and oxygen atoms in total. The lowest BCUT2D eigenvalue weighted by Gasteiger charge is -2.19. The zero-order valence-electron chi connectivity index (χ0n) is 21.9. The highest BCUT2D eigenvalue weighted by Crippen LogP contribution is 2.34. The minimum atomic E-state index is -0.545. The van der Waals surface area contributed by atoms with Gasteiger partial charge in [-0.15, -0.1) is 10.2 Å². The lowest BCUT2D eigenvalue weighted by atomic mass is 10.1. The predicted molar refractivity (Wildman–Crippen MR) is 146 cm³/mol. The van der Waals surface area contributed by atoms with Crippen molar-refractivity contribution in [2.24, 2.45) is 0 Å². The number of benzene rings is 2. The Morgan fingerprint density at radius 2 is 1.95 bits per heavy atom. The highest BCUT2D eigenvalue weighted by atomic mass is 32.1. The van der Waals surface area contributed by atoms with Crippen LogP contribution in [-0.4, -0.2) is 57.1 Å². The first-order valence-corrected chi connectivity index (χ1v) is 13.5. The van der Waals surface area contributed by atoms with Crippen LogP contribution in [0.15, 0.2) is 49.1 Å². The molecule has 4 rings (SSSR count). The van der Waals surface area contributed by atoms with Crippen molar-refractivity contribution in [3.63, 3.8) is 0 Å². The second-order valence-electron chi connectivity index (χ2n) is 8.88. The number of nitrogens with one attached hydrogen (secondary N) is 1. The average molecular weight is 538 g/mol. The van der Waals surface area contributed by atoms with E-state index in [1.54, 1.807) is 23.1 Å². The molecule has 200 valence electrons. The maximum Gasteiger partial charge on any atom is 0.263 e. The Morgan fingerprint density at radius 3 is 2.66 bits per heavy atom. The highest BCUT2D eigenvalue weighted by Gasteiger charge is 2.24. The zero-order valence-corrected chi connectivity index (χ0v) is 22.7. The van der Waals surface area contributed by atoms with E-state index in [9.17, 15) is 9.18 Å². The number of anilines is 1. The van der Waals surface area contributed by atoms with Gasteiger partial charge in [-0.3, -0.25) is 14.4 Å². The van der Waals surface area contributed by atoms with Gasteiger partial charge in [0.05, 0.1) is 12.1 Å². The van der Waals surface area contributed by atoms with E-state index in [-0.39, 0.29) is 5.56 Å². The SMILES string of the molecule is CCCCN(C(=O)c1ccccc1F)c1nnc(-c2cc(C)c(OCCNCCn3cncn3)c(C)c2)s1. The molecular formula is C27H32FN7O2S. The third-order valence-electron chi connectivity index (χ3n) is 5.95. The fraction of sp³-hybridized carbons (Fsp3) is 0.370. The number of aryl methyl sites for hydroxylation is 2. The van der Waals surface area contributed by atoms with Crippen molar-refractivity contribution in [2.75, 3.05) is 31.1 Å². The number of unbranched alkanes of at least 4 members (excludes halogenated alkanes) is 1. The number of nitrogens with zero attached hydrogens (tertiary/aromatic N) is 6. The summed E-state index contributed by atoms with van der Waals surface area (Å²) in [6.45, 7) is 9.25. The van der Waals surface area contributed by atoms with E-state index < -0.39 is 11.7 Å². The summed E-state index contributed by atoms with van der Waals surface area (Å²) in [5, 5.41) is 17.2. The van der Waals surface area contributed by atoms with Crippen LogP contribution in [-0.2, 0) is 6.54 Å². The Balaban J connectivity index is 1.42. The number of carbonyl (C=O) groups is 1. The molecule has 0 aliphatic carbocycles. The number of rotatable bonds is 13. The van der Waals surface area contributed by atoms with Gasteiger partial charge in [0.1, 0.15) is 35.8 Å². The van der Waals surface area contributed by atoms with Gasteiger partial charge in [-0.2, -0.15) is 5.10 Å². The van der Waals surface area contributed by atoms with Crippen LogP contribution in [0.25, 0.3) is 10.6 Å². The lowest BCUT2D eigenvalue weighted by Crippen LogP contribution is -2.32. The molecule has 11 heteroatoms. The molecule has 0 saturated heterocycles. The average Bonchev–Trinajstić information content (AvgIpc) is 3.60. The van der Waals surface area contributed by atoms with Crippen LogP contribution < -0.4 is 15.0 Å². The van der Waals surface area contributed by atoms with Gasteiger partial charge in [0.15, 0.2) is 0 Å². The summed E-state index contributed by atoms with van der Waals surface area (Å²) >= 11 is 1.32. The topological polar surface area (TPSA) is 98.1 Å². The molecule has 0 aliphatic heterocycles. The van der Waals surface area contributed by atoms with E-state index in [4.69, 9.17) is 4.74 Å². The molecule has 0 fully saturated rings. The number of amides is 1. The number of carbonyl (C=O) groups excluding carboxylic acids is 1. The normalized spacial score (nSPS) is 11.1. The Labute approximate surface area is 225 Å². The fourth-order valence-electron chi connectivity index (χ4n) is 4.02. The molecular weight excluding hydrogens is 505 g/mol. The second-order valence-corrected chi connectivity index (χ2v) is 9.83. The molecule has 0 atom stereocenters. The first-order valence-electron chi connectivity index (χ1n) is 12.7. The summed E-state index contributed by atoms with van der Waals surface area (Å²) in [7, 11) is 0. The van der Waals surface area contributed by atoms with E-state index in [0.717, 1.165) is 48.4 Å². The molecule has 0 bridgehead atoms. The zero-order chi connectivity index (χ0) is 26.9. The van der Waals surface area contributed by atoms with Crippen LogP contribution in [0.5, 0.6) is 5.75 Å². The molecule has 0 aliphatic rings. The van der Waals surface area contributed by atoms with Crippen molar-refractivity contribution >= 4 is 22.4 Å². The van der Waals surface area contributed by atoms with Crippen LogP contribution in [0.1, 0.15) is 41.3 Å². The van der Waals surface area contributed by atoms with Crippen LogP contribution in [0, 0.1) is 19.7 Å². The largest absolute Gasteiger partial charge is 0.492 e. The van der Waals surface area contributed by atoms with Gasteiger partial charge in [-0.05, 0) is 55.7 Å². The number of aromatic nitrogens is 5. The monoisotopic (exact) mass is 537 g/mol. The number of halogens is 1. The van der Waals surface area contributed by atoms with Gasteiger partial charge < -0.3 is 10.1 Å². The van der Waals surface area contributed by atoms with Crippen molar-refractivity contribution in [3.8, 4) is 16.3 Å². The minimum absolute atomic E-state index is 0.0291. The van der Waals surface area contributed by atoms with Crippen molar-refractivity contribution in [2.45, 2.75) is 40.2 Å². The molecule has 2 aromatic heterocycles. The molecule has 1 N–H and O–H groups in total. The van der Waals surface area contributed by atoms with Crippen LogP contribution in [0.2, 0.25) is 0 Å². The molecule has 2 heterocycles. The van der Waals surface area contributed by atoms with Crippen LogP contribution >= 0.6 is 11.3 Å². The summed E-state index contributed by atoms with van der Waals surface area (Å²) in [6, 6.07) is 10.0. The van der Waals surface area contributed by atoms with E-state index in [2.05, 4.69) is 25.6 Å². The first kappa shape index (κ1) is 27.3. The van der Waals surface area contributed by atoms with Gasteiger partial charge in [0.25, 0.3) is 5.91 Å².